The van der Waals surface area contributed by atoms with Crippen LogP contribution in [0.3, 0.4) is 0 Å². The van der Waals surface area contributed by atoms with E-state index in [1.165, 1.54) is 5.56 Å². The number of anilines is 1. The van der Waals surface area contributed by atoms with Crippen LogP contribution in [-0.4, -0.2) is 13.2 Å². The van der Waals surface area contributed by atoms with E-state index in [1.54, 1.807) is 0 Å². The van der Waals surface area contributed by atoms with Gasteiger partial charge in [0.1, 0.15) is 5.75 Å². The van der Waals surface area contributed by atoms with E-state index in [1.807, 2.05) is 12.1 Å². The largest absolute Gasteiger partial charge is 0.494 e. The SMILES string of the molecule is CC(C)CCOc1ccc(NCCc2ccccc2)cc1. The van der Waals surface area contributed by atoms with Gasteiger partial charge in [-0.3, -0.25) is 0 Å². The van der Waals surface area contributed by atoms with Crippen LogP contribution in [0.5, 0.6) is 5.75 Å². The summed E-state index contributed by atoms with van der Waals surface area (Å²) in [6.45, 7) is 6.16. The fourth-order valence-corrected chi connectivity index (χ4v) is 2.08. The van der Waals surface area contributed by atoms with Gasteiger partial charge in [-0.1, -0.05) is 44.2 Å². The van der Waals surface area contributed by atoms with Crippen LogP contribution in [0.25, 0.3) is 0 Å². The maximum absolute atomic E-state index is 5.72. The van der Waals surface area contributed by atoms with E-state index in [4.69, 9.17) is 4.74 Å². The van der Waals surface area contributed by atoms with Gasteiger partial charge in [-0.25, -0.2) is 0 Å². The Balaban J connectivity index is 1.72. The van der Waals surface area contributed by atoms with E-state index < -0.39 is 0 Å². The highest BCUT2D eigenvalue weighted by Crippen LogP contribution is 2.16. The van der Waals surface area contributed by atoms with Crippen molar-refractivity contribution in [1.29, 1.82) is 0 Å². The molecule has 0 saturated heterocycles. The lowest BCUT2D eigenvalue weighted by Crippen LogP contribution is -2.05. The minimum Gasteiger partial charge on any atom is -0.494 e. The molecule has 0 amide bonds. The number of hydrogen-bond donors (Lipinski definition) is 1. The predicted molar refractivity (Wildman–Crippen MR) is 90.0 cm³/mol. The van der Waals surface area contributed by atoms with Crippen LogP contribution < -0.4 is 10.1 Å². The highest BCUT2D eigenvalue weighted by molar-refractivity contribution is 5.46. The fourth-order valence-electron chi connectivity index (χ4n) is 2.08. The molecule has 0 fully saturated rings. The Morgan fingerprint density at radius 3 is 2.33 bits per heavy atom. The average Bonchev–Trinajstić information content (AvgIpc) is 2.50. The molecule has 2 aromatic rings. The molecule has 0 aromatic heterocycles. The summed E-state index contributed by atoms with van der Waals surface area (Å²) in [7, 11) is 0. The molecule has 0 radical (unpaired) electrons. The van der Waals surface area contributed by atoms with Gasteiger partial charge in [0.2, 0.25) is 0 Å². The van der Waals surface area contributed by atoms with E-state index in [9.17, 15) is 0 Å². The van der Waals surface area contributed by atoms with Crippen LogP contribution in [-0.2, 0) is 6.42 Å². The molecule has 0 atom stereocenters. The van der Waals surface area contributed by atoms with Gasteiger partial charge in [-0.05, 0) is 48.6 Å². The second-order valence-corrected chi connectivity index (χ2v) is 5.72. The summed E-state index contributed by atoms with van der Waals surface area (Å²) in [4.78, 5) is 0. The Morgan fingerprint density at radius 1 is 0.952 bits per heavy atom. The van der Waals surface area contributed by atoms with Crippen molar-refractivity contribution < 1.29 is 4.74 Å². The number of nitrogens with one attached hydrogen (secondary N) is 1. The first-order valence-electron chi connectivity index (χ1n) is 7.74. The Morgan fingerprint density at radius 2 is 1.67 bits per heavy atom. The van der Waals surface area contributed by atoms with Crippen molar-refractivity contribution in [1.82, 2.24) is 0 Å². The molecule has 2 nitrogen and oxygen atoms in total. The van der Waals surface area contributed by atoms with Crippen LogP contribution in [0.4, 0.5) is 5.69 Å². The highest BCUT2D eigenvalue weighted by Gasteiger charge is 1.98. The highest BCUT2D eigenvalue weighted by atomic mass is 16.5. The van der Waals surface area contributed by atoms with Crippen molar-refractivity contribution in [2.45, 2.75) is 26.7 Å². The van der Waals surface area contributed by atoms with E-state index in [2.05, 4.69) is 61.6 Å². The van der Waals surface area contributed by atoms with Gasteiger partial charge < -0.3 is 10.1 Å². The van der Waals surface area contributed by atoms with Crippen LogP contribution >= 0.6 is 0 Å². The number of hydrogen-bond acceptors (Lipinski definition) is 2. The van der Waals surface area contributed by atoms with Crippen molar-refractivity contribution in [2.75, 3.05) is 18.5 Å². The molecule has 0 aliphatic rings. The molecular formula is C19H25NO. The summed E-state index contributed by atoms with van der Waals surface area (Å²) in [6, 6.07) is 18.8. The number of benzene rings is 2. The van der Waals surface area contributed by atoms with Gasteiger partial charge in [-0.2, -0.15) is 0 Å². The summed E-state index contributed by atoms with van der Waals surface area (Å²) in [5.74, 6) is 1.63. The summed E-state index contributed by atoms with van der Waals surface area (Å²) in [5, 5.41) is 3.44. The molecule has 0 aliphatic carbocycles. The normalized spacial score (nSPS) is 10.6. The lowest BCUT2D eigenvalue weighted by atomic mass is 10.1. The third-order valence-electron chi connectivity index (χ3n) is 3.40. The molecule has 0 saturated carbocycles. The van der Waals surface area contributed by atoms with Crippen molar-refractivity contribution in [2.24, 2.45) is 5.92 Å². The maximum atomic E-state index is 5.72. The molecule has 2 aromatic carbocycles. The minimum atomic E-state index is 0.684. The molecule has 112 valence electrons. The Labute approximate surface area is 128 Å². The predicted octanol–water partition coefficient (Wildman–Crippen LogP) is 4.77. The molecule has 0 aliphatic heterocycles. The maximum Gasteiger partial charge on any atom is 0.119 e. The lowest BCUT2D eigenvalue weighted by Gasteiger charge is -2.10. The molecule has 21 heavy (non-hydrogen) atoms. The average molecular weight is 283 g/mol. The molecule has 0 unspecified atom stereocenters. The molecule has 2 heteroatoms. The Hall–Kier alpha value is -1.96. The van der Waals surface area contributed by atoms with Gasteiger partial charge in [0, 0.05) is 12.2 Å². The van der Waals surface area contributed by atoms with Crippen LogP contribution in [0.2, 0.25) is 0 Å². The lowest BCUT2D eigenvalue weighted by molar-refractivity contribution is 0.289. The fraction of sp³-hybridized carbons (Fsp3) is 0.368. The van der Waals surface area contributed by atoms with Gasteiger partial charge in [-0.15, -0.1) is 0 Å². The number of rotatable bonds is 8. The second kappa shape index (κ2) is 8.35. The van der Waals surface area contributed by atoms with E-state index in [-0.39, 0.29) is 0 Å². The third kappa shape index (κ3) is 5.90. The van der Waals surface area contributed by atoms with Gasteiger partial charge in [0.15, 0.2) is 0 Å². The zero-order valence-electron chi connectivity index (χ0n) is 13.0. The van der Waals surface area contributed by atoms with Crippen molar-refractivity contribution in [3.63, 3.8) is 0 Å². The van der Waals surface area contributed by atoms with Gasteiger partial charge in [0.05, 0.1) is 6.61 Å². The topological polar surface area (TPSA) is 21.3 Å². The molecule has 0 bridgehead atoms. The summed E-state index contributed by atoms with van der Waals surface area (Å²) >= 11 is 0. The first-order chi connectivity index (χ1) is 10.2. The van der Waals surface area contributed by atoms with E-state index in [0.717, 1.165) is 37.4 Å². The summed E-state index contributed by atoms with van der Waals surface area (Å²) in [5.41, 5.74) is 2.50. The quantitative estimate of drug-likeness (QED) is 0.753. The van der Waals surface area contributed by atoms with E-state index >= 15 is 0 Å². The first-order valence-corrected chi connectivity index (χ1v) is 7.74. The molecule has 1 N–H and O–H groups in total. The smallest absolute Gasteiger partial charge is 0.119 e. The van der Waals surface area contributed by atoms with Crippen LogP contribution in [0.1, 0.15) is 25.8 Å². The van der Waals surface area contributed by atoms with Crippen LogP contribution in [0, 0.1) is 5.92 Å². The van der Waals surface area contributed by atoms with E-state index in [0.29, 0.717) is 5.92 Å². The van der Waals surface area contributed by atoms with Crippen molar-refractivity contribution in [3.8, 4) is 5.75 Å². The zero-order chi connectivity index (χ0) is 14.9. The van der Waals surface area contributed by atoms with Crippen LogP contribution in [0.15, 0.2) is 54.6 Å². The molecule has 0 heterocycles. The number of ether oxygens (including phenoxy) is 1. The molecule has 2 rings (SSSR count). The van der Waals surface area contributed by atoms with Crippen molar-refractivity contribution in [3.05, 3.63) is 60.2 Å². The Kier molecular flexibility index (Phi) is 6.14. The molecule has 0 spiro atoms. The summed E-state index contributed by atoms with van der Waals surface area (Å²) in [6.07, 6.45) is 2.13. The third-order valence-corrected chi connectivity index (χ3v) is 3.40. The van der Waals surface area contributed by atoms with Gasteiger partial charge >= 0.3 is 0 Å². The Bertz CT molecular complexity index is 505. The monoisotopic (exact) mass is 283 g/mol. The summed E-state index contributed by atoms with van der Waals surface area (Å²) < 4.78 is 5.72. The first kappa shape index (κ1) is 15.4. The second-order valence-electron chi connectivity index (χ2n) is 5.72. The van der Waals surface area contributed by atoms with Crippen molar-refractivity contribution >= 4 is 5.69 Å². The zero-order valence-corrected chi connectivity index (χ0v) is 13.0. The van der Waals surface area contributed by atoms with Gasteiger partial charge in [0.25, 0.3) is 0 Å². The standard InChI is InChI=1S/C19H25NO/c1-16(2)13-15-21-19-10-8-18(9-11-19)20-14-12-17-6-4-3-5-7-17/h3-11,16,20H,12-15H2,1-2H3. The molecular weight excluding hydrogens is 258 g/mol. The minimum absolute atomic E-state index is 0.684.